The van der Waals surface area contributed by atoms with Gasteiger partial charge in [-0.15, -0.1) is 0 Å². The third-order valence-corrected chi connectivity index (χ3v) is 3.19. The molecule has 0 radical (unpaired) electrons. The van der Waals surface area contributed by atoms with Gasteiger partial charge in [0.25, 0.3) is 0 Å². The van der Waals surface area contributed by atoms with Crippen LogP contribution in [0.15, 0.2) is 30.3 Å². The largest absolute Gasteiger partial charge is 0.504 e. The molecule has 0 aliphatic rings. The van der Waals surface area contributed by atoms with Crippen molar-refractivity contribution in [3.63, 3.8) is 0 Å². The molecule has 0 atom stereocenters. The molecule has 5 heteroatoms. The molecule has 0 bridgehead atoms. The van der Waals surface area contributed by atoms with E-state index < -0.39 is 0 Å². The van der Waals surface area contributed by atoms with Gasteiger partial charge in [-0.25, -0.2) is 0 Å². The minimum Gasteiger partial charge on any atom is -0.504 e. The van der Waals surface area contributed by atoms with Crippen LogP contribution < -0.4 is 18.9 Å². The van der Waals surface area contributed by atoms with E-state index in [2.05, 4.69) is 11.8 Å². The van der Waals surface area contributed by atoms with E-state index in [4.69, 9.17) is 18.9 Å². The van der Waals surface area contributed by atoms with Crippen molar-refractivity contribution in [1.29, 1.82) is 0 Å². The summed E-state index contributed by atoms with van der Waals surface area (Å²) in [7, 11) is 6.12. The molecule has 0 aromatic heterocycles. The Morgan fingerprint density at radius 2 is 1.30 bits per heavy atom. The second-order valence-electron chi connectivity index (χ2n) is 4.55. The Morgan fingerprint density at radius 1 is 0.696 bits per heavy atom. The SMILES string of the molecule is COc1ccc(C#Cc2cc(O)c(OC)c(OC)c2)cc1OC. The normalized spacial score (nSPS) is 9.57. The molecule has 0 aliphatic carbocycles. The Bertz CT molecular complexity index is 756. The molecule has 0 saturated carbocycles. The molecular weight excluding hydrogens is 296 g/mol. The monoisotopic (exact) mass is 314 g/mol. The number of ether oxygens (including phenoxy) is 4. The van der Waals surface area contributed by atoms with Crippen molar-refractivity contribution in [3.05, 3.63) is 41.5 Å². The Hall–Kier alpha value is -3.00. The number of aromatic hydroxyl groups is 1. The van der Waals surface area contributed by atoms with Crippen LogP contribution in [0.1, 0.15) is 11.1 Å². The van der Waals surface area contributed by atoms with Gasteiger partial charge < -0.3 is 24.1 Å². The zero-order valence-electron chi connectivity index (χ0n) is 13.5. The molecule has 120 valence electrons. The predicted octanol–water partition coefficient (Wildman–Crippen LogP) is 2.83. The summed E-state index contributed by atoms with van der Waals surface area (Å²) in [5.41, 5.74) is 1.37. The standard InChI is InChI=1S/C18H18O5/c1-20-15-8-7-12(10-16(15)21-2)5-6-13-9-14(19)18(23-4)17(11-13)22-3/h7-11,19H,1-4H3. The number of hydrogen-bond donors (Lipinski definition) is 1. The molecular formula is C18H18O5. The zero-order valence-corrected chi connectivity index (χ0v) is 13.5. The summed E-state index contributed by atoms with van der Waals surface area (Å²) < 4.78 is 20.7. The van der Waals surface area contributed by atoms with E-state index in [-0.39, 0.29) is 11.5 Å². The second-order valence-corrected chi connectivity index (χ2v) is 4.55. The van der Waals surface area contributed by atoms with Gasteiger partial charge >= 0.3 is 0 Å². The summed E-state index contributed by atoms with van der Waals surface area (Å²) in [6, 6.07) is 8.62. The minimum absolute atomic E-state index is 0.0246. The molecule has 0 spiro atoms. The van der Waals surface area contributed by atoms with Gasteiger partial charge in [0.1, 0.15) is 0 Å². The maximum atomic E-state index is 9.94. The quantitative estimate of drug-likeness (QED) is 0.880. The van der Waals surface area contributed by atoms with E-state index in [1.807, 2.05) is 6.07 Å². The van der Waals surface area contributed by atoms with Crippen LogP contribution in [0.5, 0.6) is 28.7 Å². The van der Waals surface area contributed by atoms with Crippen molar-refractivity contribution in [2.24, 2.45) is 0 Å². The molecule has 5 nitrogen and oxygen atoms in total. The Kier molecular flexibility index (Phi) is 5.21. The molecule has 0 amide bonds. The van der Waals surface area contributed by atoms with Gasteiger partial charge in [0.05, 0.1) is 28.4 Å². The van der Waals surface area contributed by atoms with Crippen molar-refractivity contribution in [2.75, 3.05) is 28.4 Å². The fourth-order valence-corrected chi connectivity index (χ4v) is 2.07. The van der Waals surface area contributed by atoms with Crippen molar-refractivity contribution >= 4 is 0 Å². The summed E-state index contributed by atoms with van der Waals surface area (Å²) in [4.78, 5) is 0. The Balaban J connectivity index is 2.37. The van der Waals surface area contributed by atoms with Crippen LogP contribution in [0.3, 0.4) is 0 Å². The van der Waals surface area contributed by atoms with Gasteiger partial charge in [-0.1, -0.05) is 11.8 Å². The highest BCUT2D eigenvalue weighted by Gasteiger charge is 2.10. The van der Waals surface area contributed by atoms with Crippen LogP contribution in [0.25, 0.3) is 0 Å². The maximum Gasteiger partial charge on any atom is 0.203 e. The number of rotatable bonds is 4. The molecule has 0 aliphatic heterocycles. The predicted molar refractivity (Wildman–Crippen MR) is 86.7 cm³/mol. The first-order valence-corrected chi connectivity index (χ1v) is 6.82. The Labute approximate surface area is 135 Å². The third kappa shape index (κ3) is 3.61. The van der Waals surface area contributed by atoms with Crippen molar-refractivity contribution < 1.29 is 24.1 Å². The number of methoxy groups -OCH3 is 4. The molecule has 0 fully saturated rings. The first kappa shape index (κ1) is 16.4. The van der Waals surface area contributed by atoms with E-state index in [1.54, 1.807) is 32.4 Å². The number of benzene rings is 2. The molecule has 1 N–H and O–H groups in total. The number of phenols is 1. The summed E-state index contributed by atoms with van der Waals surface area (Å²) in [6.07, 6.45) is 0. The lowest BCUT2D eigenvalue weighted by molar-refractivity contribution is 0.333. The molecule has 0 unspecified atom stereocenters. The van der Waals surface area contributed by atoms with Crippen LogP contribution in [0.2, 0.25) is 0 Å². The Morgan fingerprint density at radius 3 is 1.91 bits per heavy atom. The van der Waals surface area contributed by atoms with Gasteiger partial charge in [0.15, 0.2) is 23.0 Å². The van der Waals surface area contributed by atoms with Gasteiger partial charge in [-0.3, -0.25) is 0 Å². The molecule has 2 aromatic rings. The topological polar surface area (TPSA) is 57.2 Å². The van der Waals surface area contributed by atoms with Gasteiger partial charge in [-0.2, -0.15) is 0 Å². The van der Waals surface area contributed by atoms with E-state index in [0.717, 1.165) is 5.56 Å². The molecule has 2 aromatic carbocycles. The fraction of sp³-hybridized carbons (Fsp3) is 0.222. The molecule has 0 saturated heterocycles. The van der Waals surface area contributed by atoms with E-state index in [0.29, 0.717) is 22.8 Å². The van der Waals surface area contributed by atoms with E-state index in [9.17, 15) is 5.11 Å². The van der Waals surface area contributed by atoms with Crippen molar-refractivity contribution in [1.82, 2.24) is 0 Å². The summed E-state index contributed by atoms with van der Waals surface area (Å²) in [5, 5.41) is 9.94. The van der Waals surface area contributed by atoms with E-state index >= 15 is 0 Å². The van der Waals surface area contributed by atoms with Gasteiger partial charge in [0.2, 0.25) is 5.75 Å². The van der Waals surface area contributed by atoms with Crippen LogP contribution in [0, 0.1) is 11.8 Å². The average molecular weight is 314 g/mol. The number of phenolic OH excluding ortho intramolecular Hbond substituents is 1. The smallest absolute Gasteiger partial charge is 0.203 e. The lowest BCUT2D eigenvalue weighted by atomic mass is 10.1. The molecule has 2 rings (SSSR count). The average Bonchev–Trinajstić information content (AvgIpc) is 2.58. The highest BCUT2D eigenvalue weighted by molar-refractivity contribution is 5.58. The first-order valence-electron chi connectivity index (χ1n) is 6.82. The maximum absolute atomic E-state index is 9.94. The lowest BCUT2D eigenvalue weighted by Gasteiger charge is -2.09. The van der Waals surface area contributed by atoms with Crippen LogP contribution >= 0.6 is 0 Å². The molecule has 0 heterocycles. The first-order chi connectivity index (χ1) is 11.1. The summed E-state index contributed by atoms with van der Waals surface area (Å²) >= 11 is 0. The van der Waals surface area contributed by atoms with Crippen molar-refractivity contribution in [3.8, 4) is 40.6 Å². The highest BCUT2D eigenvalue weighted by atomic mass is 16.5. The van der Waals surface area contributed by atoms with Crippen LogP contribution in [-0.4, -0.2) is 33.5 Å². The lowest BCUT2D eigenvalue weighted by Crippen LogP contribution is -1.92. The summed E-state index contributed by atoms with van der Waals surface area (Å²) in [5.74, 6) is 7.91. The van der Waals surface area contributed by atoms with Gasteiger partial charge in [0, 0.05) is 11.1 Å². The molecule has 23 heavy (non-hydrogen) atoms. The highest BCUT2D eigenvalue weighted by Crippen LogP contribution is 2.37. The summed E-state index contributed by atoms with van der Waals surface area (Å²) in [6.45, 7) is 0. The third-order valence-electron chi connectivity index (χ3n) is 3.19. The van der Waals surface area contributed by atoms with Crippen LogP contribution in [0.4, 0.5) is 0 Å². The van der Waals surface area contributed by atoms with E-state index in [1.165, 1.54) is 20.3 Å². The number of hydrogen-bond acceptors (Lipinski definition) is 5. The fourth-order valence-electron chi connectivity index (χ4n) is 2.07. The van der Waals surface area contributed by atoms with Crippen molar-refractivity contribution in [2.45, 2.75) is 0 Å². The zero-order chi connectivity index (χ0) is 16.8. The van der Waals surface area contributed by atoms with Gasteiger partial charge in [-0.05, 0) is 30.3 Å². The van der Waals surface area contributed by atoms with Crippen LogP contribution in [-0.2, 0) is 0 Å². The minimum atomic E-state index is -0.0246. The second kappa shape index (κ2) is 7.32.